The number of halogens is 1. The van der Waals surface area contributed by atoms with Crippen LogP contribution in [0, 0.1) is 15.9 Å². The van der Waals surface area contributed by atoms with Gasteiger partial charge in [0.2, 0.25) is 5.75 Å². The minimum Gasteiger partial charge on any atom is -0.508 e. The fourth-order valence-corrected chi connectivity index (χ4v) is 1.55. The summed E-state index contributed by atoms with van der Waals surface area (Å²) in [5.41, 5.74) is -0.517. The molecular formula is C13H10FNO5. The normalized spacial score (nSPS) is 10.1. The molecule has 6 nitrogen and oxygen atoms in total. The van der Waals surface area contributed by atoms with Gasteiger partial charge in [0.05, 0.1) is 18.1 Å². The summed E-state index contributed by atoms with van der Waals surface area (Å²) >= 11 is 0. The average Bonchev–Trinajstić information content (AvgIpc) is 2.42. The third kappa shape index (κ3) is 2.77. The third-order valence-electron chi connectivity index (χ3n) is 2.49. The number of benzene rings is 2. The van der Waals surface area contributed by atoms with E-state index in [0.717, 1.165) is 12.1 Å². The molecule has 0 aliphatic rings. The molecule has 0 bridgehead atoms. The zero-order chi connectivity index (χ0) is 14.7. The van der Waals surface area contributed by atoms with Crippen LogP contribution in [-0.4, -0.2) is 17.1 Å². The van der Waals surface area contributed by atoms with Gasteiger partial charge in [0.15, 0.2) is 11.6 Å². The molecule has 0 fully saturated rings. The van der Waals surface area contributed by atoms with E-state index in [0.29, 0.717) is 0 Å². The SMILES string of the molecule is COc1cc(Oc2ccc(O)cc2)c([N+](=O)[O-])cc1F. The summed E-state index contributed by atoms with van der Waals surface area (Å²) in [5.74, 6) is -0.872. The second-order valence-electron chi connectivity index (χ2n) is 3.81. The van der Waals surface area contributed by atoms with Crippen LogP contribution in [0.1, 0.15) is 0 Å². The molecule has 2 rings (SSSR count). The molecule has 104 valence electrons. The van der Waals surface area contributed by atoms with Gasteiger partial charge in [-0.1, -0.05) is 0 Å². The monoisotopic (exact) mass is 279 g/mol. The standard InChI is InChI=1S/C13H10FNO5/c1-19-12-7-13(11(15(17)18)6-10(12)14)20-9-4-2-8(16)3-5-9/h2-7,16H,1H3. The van der Waals surface area contributed by atoms with E-state index in [-0.39, 0.29) is 23.0 Å². The van der Waals surface area contributed by atoms with Crippen molar-refractivity contribution in [1.82, 2.24) is 0 Å². The Morgan fingerprint density at radius 1 is 1.20 bits per heavy atom. The Morgan fingerprint density at radius 2 is 1.85 bits per heavy atom. The van der Waals surface area contributed by atoms with Crippen molar-refractivity contribution in [3.8, 4) is 23.0 Å². The zero-order valence-electron chi connectivity index (χ0n) is 10.4. The number of nitro benzene ring substituents is 1. The Kier molecular flexibility index (Phi) is 3.69. The van der Waals surface area contributed by atoms with E-state index in [1.807, 2.05) is 0 Å². The van der Waals surface area contributed by atoms with Crippen LogP contribution in [0.5, 0.6) is 23.0 Å². The number of rotatable bonds is 4. The van der Waals surface area contributed by atoms with Crippen molar-refractivity contribution < 1.29 is 23.9 Å². The van der Waals surface area contributed by atoms with Crippen molar-refractivity contribution >= 4 is 5.69 Å². The number of hydrogen-bond donors (Lipinski definition) is 1. The molecule has 2 aromatic rings. The summed E-state index contributed by atoms with van der Waals surface area (Å²) in [6.45, 7) is 0. The molecule has 0 amide bonds. The minimum atomic E-state index is -0.850. The molecule has 1 N–H and O–H groups in total. The van der Waals surface area contributed by atoms with E-state index in [1.165, 1.54) is 31.4 Å². The van der Waals surface area contributed by atoms with E-state index in [9.17, 15) is 14.5 Å². The molecule has 0 atom stereocenters. The maximum Gasteiger partial charge on any atom is 0.314 e. The quantitative estimate of drug-likeness (QED) is 0.686. The Hall–Kier alpha value is -2.83. The van der Waals surface area contributed by atoms with Crippen molar-refractivity contribution in [1.29, 1.82) is 0 Å². The third-order valence-corrected chi connectivity index (χ3v) is 2.49. The Balaban J connectivity index is 2.43. The summed E-state index contributed by atoms with van der Waals surface area (Å²) in [6.07, 6.45) is 0. The number of nitro groups is 1. The number of ether oxygens (including phenoxy) is 2. The van der Waals surface area contributed by atoms with Crippen molar-refractivity contribution in [2.75, 3.05) is 7.11 Å². The Morgan fingerprint density at radius 3 is 2.40 bits per heavy atom. The van der Waals surface area contributed by atoms with Crippen LogP contribution in [0.3, 0.4) is 0 Å². The largest absolute Gasteiger partial charge is 0.508 e. The molecule has 0 saturated carbocycles. The lowest BCUT2D eigenvalue weighted by Crippen LogP contribution is -1.97. The topological polar surface area (TPSA) is 81.8 Å². The molecule has 7 heteroatoms. The van der Waals surface area contributed by atoms with Crippen molar-refractivity contribution in [2.45, 2.75) is 0 Å². The minimum absolute atomic E-state index is 0.0311. The molecule has 20 heavy (non-hydrogen) atoms. The predicted octanol–water partition coefficient (Wildman–Crippen LogP) is 3.24. The van der Waals surface area contributed by atoms with Crippen molar-refractivity contribution in [3.05, 3.63) is 52.3 Å². The van der Waals surface area contributed by atoms with Crippen LogP contribution in [0.25, 0.3) is 0 Å². The van der Waals surface area contributed by atoms with Gasteiger partial charge in [0.1, 0.15) is 11.5 Å². The highest BCUT2D eigenvalue weighted by atomic mass is 19.1. The number of aromatic hydroxyl groups is 1. The van der Waals surface area contributed by atoms with E-state index in [2.05, 4.69) is 0 Å². The Labute approximate surface area is 113 Å². The van der Waals surface area contributed by atoms with Crippen molar-refractivity contribution in [3.63, 3.8) is 0 Å². The number of nitrogens with zero attached hydrogens (tertiary/aromatic N) is 1. The van der Waals surface area contributed by atoms with Crippen molar-refractivity contribution in [2.24, 2.45) is 0 Å². The smallest absolute Gasteiger partial charge is 0.314 e. The lowest BCUT2D eigenvalue weighted by molar-refractivity contribution is -0.385. The fraction of sp³-hybridized carbons (Fsp3) is 0.0769. The molecule has 0 aromatic heterocycles. The molecule has 0 radical (unpaired) electrons. The predicted molar refractivity (Wildman–Crippen MR) is 67.8 cm³/mol. The second-order valence-corrected chi connectivity index (χ2v) is 3.81. The first-order valence-corrected chi connectivity index (χ1v) is 5.50. The fourth-order valence-electron chi connectivity index (χ4n) is 1.55. The van der Waals surface area contributed by atoms with Gasteiger partial charge >= 0.3 is 5.69 Å². The van der Waals surface area contributed by atoms with Gasteiger partial charge in [-0.25, -0.2) is 4.39 Å². The molecular weight excluding hydrogens is 269 g/mol. The summed E-state index contributed by atoms with van der Waals surface area (Å²) in [6, 6.07) is 7.41. The van der Waals surface area contributed by atoms with Crippen LogP contribution in [0.15, 0.2) is 36.4 Å². The summed E-state index contributed by atoms with van der Waals surface area (Å²) in [7, 11) is 1.24. The number of hydrogen-bond acceptors (Lipinski definition) is 5. The zero-order valence-corrected chi connectivity index (χ0v) is 10.4. The molecule has 0 heterocycles. The van der Waals surface area contributed by atoms with Crippen LogP contribution in [0.4, 0.5) is 10.1 Å². The van der Waals surface area contributed by atoms with E-state index in [4.69, 9.17) is 14.6 Å². The van der Waals surface area contributed by atoms with Gasteiger partial charge in [-0.15, -0.1) is 0 Å². The van der Waals surface area contributed by atoms with Crippen LogP contribution >= 0.6 is 0 Å². The first kappa shape index (κ1) is 13.6. The van der Waals surface area contributed by atoms with Crippen LogP contribution in [0.2, 0.25) is 0 Å². The lowest BCUT2D eigenvalue weighted by atomic mass is 10.2. The van der Waals surface area contributed by atoms with E-state index < -0.39 is 16.4 Å². The van der Waals surface area contributed by atoms with E-state index in [1.54, 1.807) is 0 Å². The average molecular weight is 279 g/mol. The molecule has 0 aliphatic carbocycles. The van der Waals surface area contributed by atoms with Crippen LogP contribution < -0.4 is 9.47 Å². The summed E-state index contributed by atoms with van der Waals surface area (Å²) in [5, 5.41) is 20.0. The summed E-state index contributed by atoms with van der Waals surface area (Å²) in [4.78, 5) is 10.1. The van der Waals surface area contributed by atoms with Gasteiger partial charge in [-0.3, -0.25) is 10.1 Å². The molecule has 0 unspecified atom stereocenters. The van der Waals surface area contributed by atoms with Gasteiger partial charge in [0, 0.05) is 6.07 Å². The summed E-state index contributed by atoms with van der Waals surface area (Å²) < 4.78 is 23.5. The molecule has 0 spiro atoms. The second kappa shape index (κ2) is 5.43. The number of methoxy groups -OCH3 is 1. The highest BCUT2D eigenvalue weighted by Gasteiger charge is 2.21. The highest BCUT2D eigenvalue weighted by molar-refractivity contribution is 5.53. The number of phenolic OH excluding ortho intramolecular Hbond substituents is 1. The molecule has 2 aromatic carbocycles. The molecule has 0 aliphatic heterocycles. The van der Waals surface area contributed by atoms with Gasteiger partial charge in [0.25, 0.3) is 0 Å². The maximum absolute atomic E-state index is 13.5. The van der Waals surface area contributed by atoms with Gasteiger partial charge in [-0.05, 0) is 24.3 Å². The first-order valence-electron chi connectivity index (χ1n) is 5.50. The van der Waals surface area contributed by atoms with Gasteiger partial charge in [-0.2, -0.15) is 0 Å². The number of phenols is 1. The van der Waals surface area contributed by atoms with Gasteiger partial charge < -0.3 is 14.6 Å². The first-order chi connectivity index (χ1) is 9.51. The van der Waals surface area contributed by atoms with Crippen LogP contribution in [-0.2, 0) is 0 Å². The molecule has 0 saturated heterocycles. The highest BCUT2D eigenvalue weighted by Crippen LogP contribution is 2.36. The lowest BCUT2D eigenvalue weighted by Gasteiger charge is -2.09. The van der Waals surface area contributed by atoms with E-state index >= 15 is 0 Å². The maximum atomic E-state index is 13.5. The Bertz CT molecular complexity index is 642.